The SMILES string of the molecule is O=C(c1cc(Br)c(Br)s1)N1CCN(C2CNC2)CC1. The number of amides is 1. The fourth-order valence-electron chi connectivity index (χ4n) is 2.43. The molecule has 2 aliphatic rings. The molecule has 2 aliphatic heterocycles. The highest BCUT2D eigenvalue weighted by Crippen LogP contribution is 2.33. The first-order valence-electron chi connectivity index (χ1n) is 6.34. The van der Waals surface area contributed by atoms with Gasteiger partial charge in [-0.2, -0.15) is 0 Å². The van der Waals surface area contributed by atoms with Crippen LogP contribution >= 0.6 is 43.2 Å². The number of carbonyl (C=O) groups is 1. The maximum absolute atomic E-state index is 12.4. The van der Waals surface area contributed by atoms with E-state index in [9.17, 15) is 4.79 Å². The van der Waals surface area contributed by atoms with Crippen molar-refractivity contribution in [2.75, 3.05) is 39.3 Å². The van der Waals surface area contributed by atoms with E-state index in [1.54, 1.807) is 0 Å². The van der Waals surface area contributed by atoms with Gasteiger partial charge in [0.2, 0.25) is 0 Å². The monoisotopic (exact) mass is 407 g/mol. The van der Waals surface area contributed by atoms with Crippen LogP contribution in [0.1, 0.15) is 9.67 Å². The Labute approximate surface area is 133 Å². The number of halogens is 2. The Morgan fingerprint density at radius 1 is 1.26 bits per heavy atom. The molecule has 4 nitrogen and oxygen atoms in total. The molecular weight excluding hydrogens is 394 g/mol. The lowest BCUT2D eigenvalue weighted by molar-refractivity contribution is 0.0506. The van der Waals surface area contributed by atoms with Crippen LogP contribution in [0, 0.1) is 0 Å². The Balaban J connectivity index is 1.59. The first-order valence-corrected chi connectivity index (χ1v) is 8.74. The maximum atomic E-state index is 12.4. The highest BCUT2D eigenvalue weighted by molar-refractivity contribution is 9.13. The quantitative estimate of drug-likeness (QED) is 0.812. The fourth-order valence-corrected chi connectivity index (χ4v) is 4.43. The first kappa shape index (κ1) is 14.0. The summed E-state index contributed by atoms with van der Waals surface area (Å²) in [6, 6.07) is 2.58. The average molecular weight is 409 g/mol. The van der Waals surface area contributed by atoms with Gasteiger partial charge < -0.3 is 10.2 Å². The molecule has 1 amide bonds. The molecule has 1 aromatic heterocycles. The summed E-state index contributed by atoms with van der Waals surface area (Å²) in [6.45, 7) is 5.85. The first-order chi connectivity index (χ1) is 9.15. The second-order valence-corrected chi connectivity index (χ2v) is 8.10. The van der Waals surface area contributed by atoms with Crippen LogP contribution in [0.2, 0.25) is 0 Å². The zero-order valence-corrected chi connectivity index (χ0v) is 14.4. The summed E-state index contributed by atoms with van der Waals surface area (Å²) in [5.74, 6) is 0.155. The molecule has 0 aromatic carbocycles. The van der Waals surface area contributed by atoms with Crippen LogP contribution in [0.25, 0.3) is 0 Å². The largest absolute Gasteiger partial charge is 0.335 e. The van der Waals surface area contributed by atoms with Gasteiger partial charge >= 0.3 is 0 Å². The molecule has 19 heavy (non-hydrogen) atoms. The van der Waals surface area contributed by atoms with Crippen LogP contribution in [0.3, 0.4) is 0 Å². The van der Waals surface area contributed by atoms with E-state index in [1.807, 2.05) is 11.0 Å². The maximum Gasteiger partial charge on any atom is 0.264 e. The van der Waals surface area contributed by atoms with Crippen LogP contribution in [0.5, 0.6) is 0 Å². The summed E-state index contributed by atoms with van der Waals surface area (Å²) in [6.07, 6.45) is 0. The van der Waals surface area contributed by atoms with Gasteiger partial charge in [-0.15, -0.1) is 11.3 Å². The average Bonchev–Trinajstić information content (AvgIpc) is 2.68. The molecule has 7 heteroatoms. The molecule has 0 radical (unpaired) electrons. The lowest BCUT2D eigenvalue weighted by Crippen LogP contribution is -2.62. The molecule has 0 spiro atoms. The summed E-state index contributed by atoms with van der Waals surface area (Å²) >= 11 is 8.37. The molecule has 104 valence electrons. The second kappa shape index (κ2) is 5.81. The lowest BCUT2D eigenvalue weighted by Gasteiger charge is -2.43. The minimum Gasteiger partial charge on any atom is -0.335 e. The van der Waals surface area contributed by atoms with Gasteiger partial charge in [-0.3, -0.25) is 9.69 Å². The third kappa shape index (κ3) is 2.90. The number of hydrogen-bond acceptors (Lipinski definition) is 4. The van der Waals surface area contributed by atoms with Gasteiger partial charge in [-0.05, 0) is 37.9 Å². The Hall–Kier alpha value is 0.0500. The van der Waals surface area contributed by atoms with E-state index in [4.69, 9.17) is 0 Å². The van der Waals surface area contributed by atoms with Gasteiger partial charge in [0.15, 0.2) is 0 Å². The van der Waals surface area contributed by atoms with Gasteiger partial charge in [0.05, 0.1) is 8.66 Å². The van der Waals surface area contributed by atoms with E-state index in [0.717, 1.165) is 52.4 Å². The zero-order valence-electron chi connectivity index (χ0n) is 10.4. The van der Waals surface area contributed by atoms with E-state index >= 15 is 0 Å². The van der Waals surface area contributed by atoms with E-state index in [2.05, 4.69) is 42.1 Å². The number of nitrogens with zero attached hydrogens (tertiary/aromatic N) is 2. The molecule has 3 heterocycles. The van der Waals surface area contributed by atoms with Crippen molar-refractivity contribution in [3.8, 4) is 0 Å². The summed E-state index contributed by atoms with van der Waals surface area (Å²) in [4.78, 5) is 17.6. The van der Waals surface area contributed by atoms with Crippen molar-refractivity contribution in [2.45, 2.75) is 6.04 Å². The molecule has 1 aromatic rings. The van der Waals surface area contributed by atoms with Crippen molar-refractivity contribution >= 4 is 49.1 Å². The minimum absolute atomic E-state index is 0.155. The number of carbonyl (C=O) groups excluding carboxylic acids is 1. The van der Waals surface area contributed by atoms with Crippen LogP contribution in [0.4, 0.5) is 0 Å². The van der Waals surface area contributed by atoms with Gasteiger partial charge in [0.25, 0.3) is 5.91 Å². The molecule has 0 unspecified atom stereocenters. The van der Waals surface area contributed by atoms with Crippen molar-refractivity contribution in [1.82, 2.24) is 15.1 Å². The molecule has 0 saturated carbocycles. The van der Waals surface area contributed by atoms with E-state index in [0.29, 0.717) is 6.04 Å². The number of rotatable bonds is 2. The minimum atomic E-state index is 0.155. The molecule has 0 bridgehead atoms. The topological polar surface area (TPSA) is 35.6 Å². The van der Waals surface area contributed by atoms with Crippen LogP contribution < -0.4 is 5.32 Å². The van der Waals surface area contributed by atoms with Gasteiger partial charge in [0, 0.05) is 49.8 Å². The summed E-state index contributed by atoms with van der Waals surface area (Å²) < 4.78 is 1.94. The summed E-state index contributed by atoms with van der Waals surface area (Å²) in [5.41, 5.74) is 0. The van der Waals surface area contributed by atoms with Crippen molar-refractivity contribution in [3.05, 3.63) is 19.2 Å². The van der Waals surface area contributed by atoms with Crippen LogP contribution in [-0.4, -0.2) is 61.0 Å². The van der Waals surface area contributed by atoms with Crippen LogP contribution in [-0.2, 0) is 0 Å². The Bertz CT molecular complexity index is 462. The number of thiophene rings is 1. The third-order valence-corrected chi connectivity index (χ3v) is 6.98. The molecular formula is C12H15Br2N3OS. The van der Waals surface area contributed by atoms with Gasteiger partial charge in [-0.25, -0.2) is 0 Å². The van der Waals surface area contributed by atoms with Gasteiger partial charge in [-0.1, -0.05) is 0 Å². The van der Waals surface area contributed by atoms with Crippen molar-refractivity contribution < 1.29 is 4.79 Å². The second-order valence-electron chi connectivity index (χ2n) is 4.87. The zero-order chi connectivity index (χ0) is 13.4. The Morgan fingerprint density at radius 2 is 1.95 bits per heavy atom. The molecule has 3 rings (SSSR count). The van der Waals surface area contributed by atoms with E-state index in [-0.39, 0.29) is 5.91 Å². The van der Waals surface area contributed by atoms with Crippen LogP contribution in [0.15, 0.2) is 14.3 Å². The highest BCUT2D eigenvalue weighted by Gasteiger charge is 2.30. The highest BCUT2D eigenvalue weighted by atomic mass is 79.9. The molecule has 0 atom stereocenters. The lowest BCUT2D eigenvalue weighted by atomic mass is 10.1. The predicted octanol–water partition coefficient (Wildman–Crippen LogP) is 2.00. The van der Waals surface area contributed by atoms with Gasteiger partial charge in [0.1, 0.15) is 0 Å². The summed E-state index contributed by atoms with van der Waals surface area (Å²) in [7, 11) is 0. The molecule has 2 fully saturated rings. The smallest absolute Gasteiger partial charge is 0.264 e. The number of piperazine rings is 1. The molecule has 0 aliphatic carbocycles. The number of hydrogen-bond donors (Lipinski definition) is 1. The molecule has 1 N–H and O–H groups in total. The third-order valence-electron chi connectivity index (χ3n) is 3.73. The summed E-state index contributed by atoms with van der Waals surface area (Å²) in [5, 5.41) is 3.30. The van der Waals surface area contributed by atoms with E-state index in [1.165, 1.54) is 11.3 Å². The Morgan fingerprint density at radius 3 is 2.42 bits per heavy atom. The normalized spacial score (nSPS) is 21.5. The standard InChI is InChI=1S/C12H15Br2N3OS/c13-9-5-10(19-11(9)14)12(18)17-3-1-16(2-4-17)8-6-15-7-8/h5,8,15H,1-4,6-7H2. The van der Waals surface area contributed by atoms with Crippen molar-refractivity contribution in [3.63, 3.8) is 0 Å². The Kier molecular flexibility index (Phi) is 4.28. The number of nitrogens with one attached hydrogen (secondary N) is 1. The molecule has 2 saturated heterocycles. The van der Waals surface area contributed by atoms with Crippen molar-refractivity contribution in [1.29, 1.82) is 0 Å². The predicted molar refractivity (Wildman–Crippen MR) is 83.9 cm³/mol. The van der Waals surface area contributed by atoms with E-state index < -0.39 is 0 Å². The van der Waals surface area contributed by atoms with Crippen molar-refractivity contribution in [2.24, 2.45) is 0 Å². The fraction of sp³-hybridized carbons (Fsp3) is 0.583.